The standard InChI is InChI=1S/C14H28N2O3/c1-9(7-6-8-10(2)15)12(17)16-11(13(18)19)14(3,4)5/h9-11H,6-8,15H2,1-5H3,(H,16,17)(H,18,19)/t9?,10?,11-/m1/s1. The molecule has 4 N–H and O–H groups in total. The van der Waals surface area contributed by atoms with E-state index in [9.17, 15) is 9.59 Å². The summed E-state index contributed by atoms with van der Waals surface area (Å²) in [6, 6.07) is -0.729. The molecule has 5 heteroatoms. The van der Waals surface area contributed by atoms with Crippen LogP contribution in [-0.2, 0) is 9.59 Å². The molecule has 3 atom stereocenters. The molecule has 0 bridgehead atoms. The van der Waals surface area contributed by atoms with Crippen molar-refractivity contribution in [3.8, 4) is 0 Å². The minimum absolute atomic E-state index is 0.136. The second kappa shape index (κ2) is 7.48. The van der Waals surface area contributed by atoms with Gasteiger partial charge in [0.1, 0.15) is 6.04 Å². The van der Waals surface area contributed by atoms with Gasteiger partial charge in [0.25, 0.3) is 0 Å². The van der Waals surface area contributed by atoms with Gasteiger partial charge < -0.3 is 16.2 Å². The summed E-state index contributed by atoms with van der Waals surface area (Å²) in [4.78, 5) is 23.2. The first-order valence-corrected chi connectivity index (χ1v) is 6.84. The lowest BCUT2D eigenvalue weighted by Crippen LogP contribution is -2.50. The van der Waals surface area contributed by atoms with Gasteiger partial charge in [-0.15, -0.1) is 0 Å². The lowest BCUT2D eigenvalue weighted by Gasteiger charge is -2.28. The predicted molar refractivity (Wildman–Crippen MR) is 75.7 cm³/mol. The van der Waals surface area contributed by atoms with E-state index in [0.717, 1.165) is 19.3 Å². The maximum Gasteiger partial charge on any atom is 0.326 e. The fourth-order valence-electron chi connectivity index (χ4n) is 1.81. The summed E-state index contributed by atoms with van der Waals surface area (Å²) in [6.45, 7) is 9.15. The van der Waals surface area contributed by atoms with Crippen molar-refractivity contribution >= 4 is 11.9 Å². The molecule has 0 aromatic heterocycles. The monoisotopic (exact) mass is 272 g/mol. The minimum atomic E-state index is -0.997. The smallest absolute Gasteiger partial charge is 0.326 e. The number of amides is 1. The molecule has 0 aliphatic rings. The summed E-state index contributed by atoms with van der Waals surface area (Å²) in [5.41, 5.74) is 5.15. The third-order valence-electron chi connectivity index (χ3n) is 3.14. The Morgan fingerprint density at radius 2 is 1.74 bits per heavy atom. The van der Waals surface area contributed by atoms with Gasteiger partial charge in [-0.25, -0.2) is 4.79 Å². The molecule has 0 radical (unpaired) electrons. The molecule has 0 saturated heterocycles. The third kappa shape index (κ3) is 7.15. The Labute approximate surface area is 115 Å². The average Bonchev–Trinajstić information content (AvgIpc) is 2.22. The second-order valence-electron chi connectivity index (χ2n) is 6.46. The van der Waals surface area contributed by atoms with Crippen molar-refractivity contribution in [3.05, 3.63) is 0 Å². The number of rotatable bonds is 7. The SMILES string of the molecule is CC(N)CCCC(C)C(=O)N[C@H](C(=O)O)C(C)(C)C. The van der Waals surface area contributed by atoms with Crippen molar-refractivity contribution in [2.75, 3.05) is 0 Å². The van der Waals surface area contributed by atoms with Crippen molar-refractivity contribution in [3.63, 3.8) is 0 Å². The number of carbonyl (C=O) groups excluding carboxylic acids is 1. The van der Waals surface area contributed by atoms with Gasteiger partial charge >= 0.3 is 5.97 Å². The van der Waals surface area contributed by atoms with Gasteiger partial charge in [0.15, 0.2) is 0 Å². The van der Waals surface area contributed by atoms with E-state index in [2.05, 4.69) is 5.32 Å². The summed E-state index contributed by atoms with van der Waals surface area (Å²) in [5, 5.41) is 11.8. The molecule has 0 spiro atoms. The summed E-state index contributed by atoms with van der Waals surface area (Å²) >= 11 is 0. The van der Waals surface area contributed by atoms with Crippen LogP contribution in [0.4, 0.5) is 0 Å². The molecule has 0 heterocycles. The summed E-state index contributed by atoms with van der Waals surface area (Å²) in [5.74, 6) is -1.39. The Balaban J connectivity index is 4.37. The Morgan fingerprint density at radius 3 is 2.11 bits per heavy atom. The van der Waals surface area contributed by atoms with Gasteiger partial charge in [0.2, 0.25) is 5.91 Å². The van der Waals surface area contributed by atoms with Crippen LogP contribution in [0.15, 0.2) is 0 Å². The van der Waals surface area contributed by atoms with E-state index in [4.69, 9.17) is 10.8 Å². The number of hydrogen-bond donors (Lipinski definition) is 3. The fraction of sp³-hybridized carbons (Fsp3) is 0.857. The van der Waals surface area contributed by atoms with Crippen LogP contribution in [-0.4, -0.2) is 29.1 Å². The largest absolute Gasteiger partial charge is 0.480 e. The second-order valence-corrected chi connectivity index (χ2v) is 6.46. The molecule has 19 heavy (non-hydrogen) atoms. The predicted octanol–water partition coefficient (Wildman–Crippen LogP) is 1.76. The quantitative estimate of drug-likeness (QED) is 0.658. The van der Waals surface area contributed by atoms with Crippen LogP contribution in [0.3, 0.4) is 0 Å². The number of aliphatic carboxylic acids is 1. The summed E-state index contributed by atoms with van der Waals surface area (Å²) in [6.07, 6.45) is 2.47. The van der Waals surface area contributed by atoms with Crippen molar-refractivity contribution in [2.24, 2.45) is 17.1 Å². The van der Waals surface area contributed by atoms with Gasteiger partial charge in [0, 0.05) is 12.0 Å². The minimum Gasteiger partial charge on any atom is -0.480 e. The number of carboxylic acids is 1. The molecule has 0 rings (SSSR count). The highest BCUT2D eigenvalue weighted by Crippen LogP contribution is 2.20. The van der Waals surface area contributed by atoms with Crippen LogP contribution in [0.25, 0.3) is 0 Å². The zero-order valence-electron chi connectivity index (χ0n) is 12.7. The third-order valence-corrected chi connectivity index (χ3v) is 3.14. The lowest BCUT2D eigenvalue weighted by atomic mass is 9.86. The van der Waals surface area contributed by atoms with Crippen molar-refractivity contribution < 1.29 is 14.7 Å². The van der Waals surface area contributed by atoms with Crippen molar-refractivity contribution in [1.82, 2.24) is 5.32 Å². The average molecular weight is 272 g/mol. The molecule has 2 unspecified atom stereocenters. The molecule has 1 amide bonds. The molecule has 0 fully saturated rings. The zero-order valence-corrected chi connectivity index (χ0v) is 12.7. The van der Waals surface area contributed by atoms with Gasteiger partial charge in [-0.05, 0) is 25.2 Å². The van der Waals surface area contributed by atoms with E-state index in [1.54, 1.807) is 20.8 Å². The van der Waals surface area contributed by atoms with Crippen LogP contribution >= 0.6 is 0 Å². The van der Waals surface area contributed by atoms with Crippen LogP contribution < -0.4 is 11.1 Å². The Bertz CT molecular complexity index is 308. The summed E-state index contributed by atoms with van der Waals surface area (Å²) < 4.78 is 0. The first-order valence-electron chi connectivity index (χ1n) is 6.84. The molecular formula is C14H28N2O3. The molecule has 0 saturated carbocycles. The maximum absolute atomic E-state index is 12.0. The van der Waals surface area contributed by atoms with E-state index in [1.807, 2.05) is 13.8 Å². The van der Waals surface area contributed by atoms with E-state index < -0.39 is 17.4 Å². The van der Waals surface area contributed by atoms with Gasteiger partial charge in [-0.2, -0.15) is 0 Å². The van der Waals surface area contributed by atoms with E-state index >= 15 is 0 Å². The highest BCUT2D eigenvalue weighted by Gasteiger charge is 2.33. The maximum atomic E-state index is 12.0. The van der Waals surface area contributed by atoms with Gasteiger partial charge in [-0.3, -0.25) is 4.79 Å². The molecule has 5 nitrogen and oxygen atoms in total. The number of carboxylic acid groups (broad SMARTS) is 1. The number of hydrogen-bond acceptors (Lipinski definition) is 3. The Morgan fingerprint density at radius 1 is 1.21 bits per heavy atom. The molecule has 0 aromatic rings. The fourth-order valence-corrected chi connectivity index (χ4v) is 1.81. The van der Waals surface area contributed by atoms with Crippen molar-refractivity contribution in [1.29, 1.82) is 0 Å². The van der Waals surface area contributed by atoms with Gasteiger partial charge in [0.05, 0.1) is 0 Å². The van der Waals surface area contributed by atoms with Crippen LogP contribution in [0.1, 0.15) is 53.9 Å². The first-order chi connectivity index (χ1) is 8.55. The molecule has 0 aromatic carbocycles. The van der Waals surface area contributed by atoms with Crippen LogP contribution in [0.2, 0.25) is 0 Å². The number of nitrogens with two attached hydrogens (primary N) is 1. The highest BCUT2D eigenvalue weighted by molar-refractivity contribution is 5.85. The van der Waals surface area contributed by atoms with Crippen LogP contribution in [0.5, 0.6) is 0 Å². The molecule has 0 aliphatic heterocycles. The van der Waals surface area contributed by atoms with E-state index in [0.29, 0.717) is 0 Å². The number of carbonyl (C=O) groups is 2. The van der Waals surface area contributed by atoms with E-state index in [-0.39, 0.29) is 17.9 Å². The number of nitrogens with one attached hydrogen (secondary N) is 1. The van der Waals surface area contributed by atoms with E-state index in [1.165, 1.54) is 0 Å². The summed E-state index contributed by atoms with van der Waals surface area (Å²) in [7, 11) is 0. The normalized spacial score (nSPS) is 16.5. The molecule has 112 valence electrons. The van der Waals surface area contributed by atoms with Crippen molar-refractivity contribution in [2.45, 2.75) is 66.0 Å². The Kier molecular flexibility index (Phi) is 7.05. The van der Waals surface area contributed by atoms with Gasteiger partial charge in [-0.1, -0.05) is 34.1 Å². The lowest BCUT2D eigenvalue weighted by molar-refractivity contribution is -0.145. The topological polar surface area (TPSA) is 92.4 Å². The van der Waals surface area contributed by atoms with Crippen LogP contribution in [0, 0.1) is 11.3 Å². The molecule has 0 aliphatic carbocycles. The highest BCUT2D eigenvalue weighted by atomic mass is 16.4. The Hall–Kier alpha value is -1.10. The zero-order chi connectivity index (χ0) is 15.2. The first kappa shape index (κ1) is 17.9. The molecular weight excluding hydrogens is 244 g/mol.